The monoisotopic (exact) mass is 581 g/mol. The number of halogens is 3. The van der Waals surface area contributed by atoms with Crippen LogP contribution in [-0.4, -0.2) is 34.0 Å². The van der Waals surface area contributed by atoms with Gasteiger partial charge in [0.05, 0.1) is 18.7 Å². The van der Waals surface area contributed by atoms with Crippen molar-refractivity contribution in [1.82, 2.24) is 14.5 Å². The lowest BCUT2D eigenvalue weighted by atomic mass is 10.1. The van der Waals surface area contributed by atoms with Crippen LogP contribution in [0.2, 0.25) is 5.02 Å². The fourth-order valence-corrected chi connectivity index (χ4v) is 5.20. The van der Waals surface area contributed by atoms with Gasteiger partial charge in [0.1, 0.15) is 40.4 Å². The fraction of sp³-hybridized carbons (Fsp3) is 0.172. The fourth-order valence-electron chi connectivity index (χ4n) is 4.33. The van der Waals surface area contributed by atoms with Gasteiger partial charge in [-0.05, 0) is 65.6 Å². The molecule has 11 heteroatoms. The second-order valence-electron chi connectivity index (χ2n) is 9.10. The van der Waals surface area contributed by atoms with Crippen LogP contribution in [0.5, 0.6) is 5.75 Å². The number of fused-ring (bicyclic) bond motifs is 1. The van der Waals surface area contributed by atoms with Crippen LogP contribution in [0.1, 0.15) is 11.4 Å². The van der Waals surface area contributed by atoms with Crippen LogP contribution in [0.25, 0.3) is 11.3 Å². The summed E-state index contributed by atoms with van der Waals surface area (Å²) in [5, 5.41) is 4.92. The van der Waals surface area contributed by atoms with Gasteiger partial charge in [-0.3, -0.25) is 4.79 Å². The van der Waals surface area contributed by atoms with Crippen LogP contribution >= 0.6 is 23.4 Å². The molecule has 0 bridgehead atoms. The highest BCUT2D eigenvalue weighted by molar-refractivity contribution is 8.01. The number of carbonyl (C=O) groups excluding carboxylic acids is 1. The molecule has 1 aromatic heterocycles. The predicted octanol–water partition coefficient (Wildman–Crippen LogP) is 6.31. The van der Waals surface area contributed by atoms with Gasteiger partial charge < -0.3 is 25.3 Å². The normalized spacial score (nSPS) is 13.2. The van der Waals surface area contributed by atoms with E-state index in [1.807, 2.05) is 28.8 Å². The molecule has 7 nitrogen and oxygen atoms in total. The van der Waals surface area contributed by atoms with Crippen LogP contribution < -0.4 is 15.8 Å². The number of hydrogen-bond acceptors (Lipinski definition) is 6. The summed E-state index contributed by atoms with van der Waals surface area (Å²) in [6.07, 6.45) is 0. The van der Waals surface area contributed by atoms with Crippen molar-refractivity contribution in [3.63, 3.8) is 0 Å². The number of carbonyl (C=O) groups is 1. The highest BCUT2D eigenvalue weighted by atomic mass is 35.5. The number of rotatable bonds is 8. The molecule has 0 saturated heterocycles. The molecule has 4 aromatic rings. The van der Waals surface area contributed by atoms with Crippen molar-refractivity contribution in [3.05, 3.63) is 106 Å². The molecule has 3 aromatic carbocycles. The molecule has 0 spiro atoms. The zero-order valence-electron chi connectivity index (χ0n) is 21.5. The number of nitrogens with two attached hydrogens (primary N) is 1. The number of amides is 1. The van der Waals surface area contributed by atoms with Gasteiger partial charge in [-0.2, -0.15) is 0 Å². The molecule has 0 unspecified atom stereocenters. The quantitative estimate of drug-likeness (QED) is 0.237. The summed E-state index contributed by atoms with van der Waals surface area (Å²) in [4.78, 5) is 19.6. The highest BCUT2D eigenvalue weighted by Crippen LogP contribution is 2.34. The van der Waals surface area contributed by atoms with Crippen LogP contribution in [0.4, 0.5) is 20.3 Å². The van der Waals surface area contributed by atoms with E-state index >= 15 is 0 Å². The maximum Gasteiger partial charge on any atom is 0.270 e. The van der Waals surface area contributed by atoms with Gasteiger partial charge in [0, 0.05) is 30.1 Å². The van der Waals surface area contributed by atoms with Gasteiger partial charge >= 0.3 is 0 Å². The summed E-state index contributed by atoms with van der Waals surface area (Å²) in [5.74, 6) is 1.45. The number of hydrogen-bond donors (Lipinski definition) is 2. The van der Waals surface area contributed by atoms with Gasteiger partial charge in [0.2, 0.25) is 0 Å². The minimum Gasteiger partial charge on any atom is -0.497 e. The summed E-state index contributed by atoms with van der Waals surface area (Å²) in [7, 11) is 1.62. The smallest absolute Gasteiger partial charge is 0.270 e. The Kier molecular flexibility index (Phi) is 8.27. The van der Waals surface area contributed by atoms with Crippen LogP contribution in [-0.2, 0) is 23.6 Å². The van der Waals surface area contributed by atoms with Crippen molar-refractivity contribution < 1.29 is 18.3 Å². The lowest BCUT2D eigenvalue weighted by molar-refractivity contribution is -0.128. The summed E-state index contributed by atoms with van der Waals surface area (Å²) >= 11 is 7.29. The van der Waals surface area contributed by atoms with E-state index in [1.54, 1.807) is 35.6 Å². The van der Waals surface area contributed by atoms with E-state index in [4.69, 9.17) is 27.1 Å². The van der Waals surface area contributed by atoms with Crippen molar-refractivity contribution in [2.45, 2.75) is 18.8 Å². The van der Waals surface area contributed by atoms with Gasteiger partial charge in [0.25, 0.3) is 5.91 Å². The maximum atomic E-state index is 14.1. The first-order valence-corrected chi connectivity index (χ1v) is 13.8. The summed E-state index contributed by atoms with van der Waals surface area (Å²) in [5.41, 5.74) is 9.09. The molecule has 0 fully saturated rings. The summed E-state index contributed by atoms with van der Waals surface area (Å²) in [6.45, 7) is 1.05. The topological polar surface area (TPSA) is 85.4 Å². The average molecular weight is 582 g/mol. The third-order valence-electron chi connectivity index (χ3n) is 6.43. The first-order valence-electron chi connectivity index (χ1n) is 12.4. The second kappa shape index (κ2) is 12.0. The molecule has 3 N–H and O–H groups in total. The van der Waals surface area contributed by atoms with Crippen molar-refractivity contribution in [3.8, 4) is 17.0 Å². The van der Waals surface area contributed by atoms with E-state index in [0.29, 0.717) is 47.4 Å². The lowest BCUT2D eigenvalue weighted by Gasteiger charge is -2.28. The Bertz CT molecular complexity index is 1560. The van der Waals surface area contributed by atoms with Crippen molar-refractivity contribution in [2.24, 2.45) is 5.73 Å². The Morgan fingerprint density at radius 1 is 1.12 bits per heavy atom. The van der Waals surface area contributed by atoms with Crippen LogP contribution in [0, 0.1) is 11.6 Å². The molecule has 0 saturated carbocycles. The number of aromatic nitrogens is 2. The maximum absolute atomic E-state index is 14.1. The average Bonchev–Trinajstić information content (AvgIpc) is 3.32. The summed E-state index contributed by atoms with van der Waals surface area (Å²) in [6, 6.07) is 18.1. The number of nitrogens with one attached hydrogen (secondary N) is 1. The molecule has 0 aliphatic carbocycles. The minimum atomic E-state index is -0.558. The zero-order valence-corrected chi connectivity index (χ0v) is 23.1. The zero-order chi connectivity index (χ0) is 28.2. The molecule has 40 heavy (non-hydrogen) atoms. The molecule has 0 radical (unpaired) electrons. The number of imidazole rings is 1. The van der Waals surface area contributed by atoms with E-state index in [1.165, 1.54) is 36.0 Å². The lowest BCUT2D eigenvalue weighted by Crippen LogP contribution is -2.40. The van der Waals surface area contributed by atoms with E-state index < -0.39 is 5.82 Å². The Balaban J connectivity index is 1.35. The number of ether oxygens (including phenoxy) is 1. The van der Waals surface area contributed by atoms with Gasteiger partial charge in [0.15, 0.2) is 0 Å². The van der Waals surface area contributed by atoms with Crippen LogP contribution in [0.3, 0.4) is 0 Å². The molecule has 1 aliphatic rings. The van der Waals surface area contributed by atoms with Crippen molar-refractivity contribution in [2.75, 3.05) is 19.0 Å². The molecule has 2 heterocycles. The Morgan fingerprint density at radius 2 is 1.88 bits per heavy atom. The third-order valence-corrected chi connectivity index (χ3v) is 7.65. The Labute approximate surface area is 239 Å². The molecular weight excluding hydrogens is 556 g/mol. The molecule has 206 valence electrons. The Morgan fingerprint density at radius 3 is 2.58 bits per heavy atom. The minimum absolute atomic E-state index is 0.0154. The highest BCUT2D eigenvalue weighted by Gasteiger charge is 2.28. The summed E-state index contributed by atoms with van der Waals surface area (Å²) < 4.78 is 34.9. The standard InChI is InChI=1S/C29H26ClF2N5O2S/c1-39-22-9-2-18(3-10-22)16-40-17-25(33)29(38)36-12-13-37-26(15-36)35-27(19-4-6-20(31)7-5-19)28(37)34-21-8-11-23(30)24(32)14-21/h2-11,14,17,34H,12-13,15-16,33H2,1H3/b25-17-. The molecule has 5 rings (SSSR count). The molecular formula is C29H26ClF2N5O2S. The first kappa shape index (κ1) is 27.5. The van der Waals surface area contributed by atoms with Crippen molar-refractivity contribution in [1.29, 1.82) is 0 Å². The van der Waals surface area contributed by atoms with Gasteiger partial charge in [-0.15, -0.1) is 11.8 Å². The SMILES string of the molecule is COc1ccc(CS/C=C(\N)C(=O)N2CCn3c(nc(-c4ccc(F)cc4)c3Nc3ccc(Cl)c(F)c3)C2)cc1. The molecule has 0 atom stereocenters. The van der Waals surface area contributed by atoms with E-state index in [-0.39, 0.29) is 29.0 Å². The van der Waals surface area contributed by atoms with E-state index in [2.05, 4.69) is 5.32 Å². The molecule has 1 aliphatic heterocycles. The first-order chi connectivity index (χ1) is 19.3. The van der Waals surface area contributed by atoms with Gasteiger partial charge in [-0.1, -0.05) is 23.7 Å². The van der Waals surface area contributed by atoms with E-state index in [0.717, 1.165) is 11.3 Å². The number of anilines is 2. The predicted molar refractivity (Wildman–Crippen MR) is 154 cm³/mol. The second-order valence-corrected chi connectivity index (χ2v) is 10.4. The number of methoxy groups -OCH3 is 1. The largest absolute Gasteiger partial charge is 0.497 e. The third kappa shape index (κ3) is 6.08. The van der Waals surface area contributed by atoms with Crippen LogP contribution in [0.15, 0.2) is 77.8 Å². The molecule has 1 amide bonds. The number of thioether (sulfide) groups is 1. The Hall–Kier alpha value is -4.02. The number of nitrogens with zero attached hydrogens (tertiary/aromatic N) is 3. The number of benzene rings is 3. The van der Waals surface area contributed by atoms with E-state index in [9.17, 15) is 13.6 Å². The van der Waals surface area contributed by atoms with Crippen molar-refractivity contribution >= 4 is 40.8 Å². The van der Waals surface area contributed by atoms with Gasteiger partial charge in [-0.25, -0.2) is 13.8 Å².